The molecule has 8 nitrogen and oxygen atoms in total. The van der Waals surface area contributed by atoms with Gasteiger partial charge in [0.05, 0.1) is 13.0 Å². The number of carbonyl (C=O) groups is 3. The Kier molecular flexibility index (Phi) is 5.40. The molecule has 2 aliphatic rings. The van der Waals surface area contributed by atoms with Crippen LogP contribution >= 0.6 is 0 Å². The normalized spacial score (nSPS) is 22.0. The summed E-state index contributed by atoms with van der Waals surface area (Å²) < 4.78 is 6.95. The molecule has 8 heteroatoms. The SMILES string of the molecule is C[C@@H]1[C@@H](C)N(C(=O)CN2CCOC2=O)CCN1C(=O)Cc1cn(C)c2ccccc12. The molecule has 0 bridgehead atoms. The number of ether oxygens (including phenoxy) is 1. The second-order valence-corrected chi connectivity index (χ2v) is 8.15. The van der Waals surface area contributed by atoms with Crippen LogP contribution in [0, 0.1) is 0 Å². The number of hydrogen-bond acceptors (Lipinski definition) is 4. The molecule has 3 heterocycles. The molecule has 2 fully saturated rings. The Hall–Kier alpha value is -3.03. The summed E-state index contributed by atoms with van der Waals surface area (Å²) in [4.78, 5) is 42.6. The van der Waals surface area contributed by atoms with E-state index >= 15 is 0 Å². The average Bonchev–Trinajstić information content (AvgIpc) is 3.27. The van der Waals surface area contributed by atoms with E-state index in [0.29, 0.717) is 32.7 Å². The van der Waals surface area contributed by atoms with E-state index in [0.717, 1.165) is 16.5 Å². The molecule has 0 unspecified atom stereocenters. The van der Waals surface area contributed by atoms with Crippen LogP contribution in [-0.4, -0.2) is 82.0 Å². The second kappa shape index (κ2) is 8.01. The Balaban J connectivity index is 1.42. The Labute approximate surface area is 176 Å². The number of aromatic nitrogens is 1. The molecule has 2 aliphatic heterocycles. The largest absolute Gasteiger partial charge is 0.448 e. The molecule has 0 aliphatic carbocycles. The number of aryl methyl sites for hydroxylation is 1. The van der Waals surface area contributed by atoms with Gasteiger partial charge in [-0.1, -0.05) is 18.2 Å². The fraction of sp³-hybridized carbons (Fsp3) is 0.500. The Morgan fingerprint density at radius 3 is 2.37 bits per heavy atom. The zero-order chi connectivity index (χ0) is 21.4. The topological polar surface area (TPSA) is 75.1 Å². The number of carbonyl (C=O) groups excluding carboxylic acids is 3. The molecule has 160 valence electrons. The van der Waals surface area contributed by atoms with Crippen molar-refractivity contribution < 1.29 is 19.1 Å². The van der Waals surface area contributed by atoms with Gasteiger partial charge in [-0.05, 0) is 25.5 Å². The van der Waals surface area contributed by atoms with Gasteiger partial charge >= 0.3 is 6.09 Å². The average molecular weight is 412 g/mol. The quantitative estimate of drug-likeness (QED) is 0.765. The molecule has 2 atom stereocenters. The Morgan fingerprint density at radius 2 is 1.70 bits per heavy atom. The maximum atomic E-state index is 13.1. The standard InChI is InChI=1S/C22H28N4O4/c1-15-16(2)26(21(28)14-24-10-11-30-22(24)29)9-8-25(15)20(27)12-17-13-23(3)19-7-5-4-6-18(17)19/h4-7,13,15-16H,8-12,14H2,1-3H3/t15-,16-/m1/s1. The fourth-order valence-electron chi connectivity index (χ4n) is 4.50. The van der Waals surface area contributed by atoms with Gasteiger partial charge in [0.1, 0.15) is 13.2 Å². The Morgan fingerprint density at radius 1 is 1.03 bits per heavy atom. The molecule has 3 amide bonds. The highest BCUT2D eigenvalue weighted by atomic mass is 16.6. The van der Waals surface area contributed by atoms with Crippen molar-refractivity contribution >= 4 is 28.8 Å². The van der Waals surface area contributed by atoms with E-state index < -0.39 is 6.09 Å². The molecule has 1 aromatic heterocycles. The van der Waals surface area contributed by atoms with E-state index in [1.165, 1.54) is 4.90 Å². The van der Waals surface area contributed by atoms with E-state index in [9.17, 15) is 14.4 Å². The predicted molar refractivity (Wildman–Crippen MR) is 112 cm³/mol. The highest BCUT2D eigenvalue weighted by Crippen LogP contribution is 2.23. The van der Waals surface area contributed by atoms with Crippen LogP contribution in [0.3, 0.4) is 0 Å². The first kappa shape index (κ1) is 20.3. The third-order valence-electron chi connectivity index (χ3n) is 6.40. The summed E-state index contributed by atoms with van der Waals surface area (Å²) >= 11 is 0. The van der Waals surface area contributed by atoms with E-state index in [2.05, 4.69) is 6.07 Å². The van der Waals surface area contributed by atoms with Gasteiger partial charge in [0.2, 0.25) is 11.8 Å². The summed E-state index contributed by atoms with van der Waals surface area (Å²) in [6, 6.07) is 7.85. The van der Waals surface area contributed by atoms with Crippen molar-refractivity contribution in [3.8, 4) is 0 Å². The smallest absolute Gasteiger partial charge is 0.410 e. The predicted octanol–water partition coefficient (Wildman–Crippen LogP) is 1.62. The lowest BCUT2D eigenvalue weighted by Crippen LogP contribution is -2.61. The van der Waals surface area contributed by atoms with Crippen molar-refractivity contribution in [3.05, 3.63) is 36.0 Å². The van der Waals surface area contributed by atoms with Crippen LogP contribution in [0.5, 0.6) is 0 Å². The van der Waals surface area contributed by atoms with Gasteiger partial charge in [-0.2, -0.15) is 0 Å². The first-order valence-corrected chi connectivity index (χ1v) is 10.4. The van der Waals surface area contributed by atoms with Crippen LogP contribution in [0.2, 0.25) is 0 Å². The lowest BCUT2D eigenvalue weighted by atomic mass is 10.0. The van der Waals surface area contributed by atoms with E-state index in [1.54, 1.807) is 4.90 Å². The Bertz CT molecular complexity index is 985. The van der Waals surface area contributed by atoms with E-state index in [-0.39, 0.29) is 30.4 Å². The summed E-state index contributed by atoms with van der Waals surface area (Å²) in [5, 5.41) is 1.10. The highest BCUT2D eigenvalue weighted by Gasteiger charge is 2.37. The lowest BCUT2D eigenvalue weighted by Gasteiger charge is -2.45. The maximum Gasteiger partial charge on any atom is 0.410 e. The van der Waals surface area contributed by atoms with Crippen LogP contribution in [0.25, 0.3) is 10.9 Å². The molecule has 1 aromatic carbocycles. The minimum atomic E-state index is -0.437. The first-order chi connectivity index (χ1) is 14.4. The molecule has 0 N–H and O–H groups in total. The minimum Gasteiger partial charge on any atom is -0.448 e. The number of hydrogen-bond donors (Lipinski definition) is 0. The third kappa shape index (κ3) is 3.62. The van der Waals surface area contributed by atoms with Gasteiger partial charge in [0, 0.05) is 49.3 Å². The zero-order valence-electron chi connectivity index (χ0n) is 17.7. The molecule has 0 saturated carbocycles. The van der Waals surface area contributed by atoms with Crippen LogP contribution in [0.15, 0.2) is 30.5 Å². The van der Waals surface area contributed by atoms with Gasteiger partial charge in [-0.15, -0.1) is 0 Å². The maximum absolute atomic E-state index is 13.1. The van der Waals surface area contributed by atoms with Crippen LogP contribution < -0.4 is 0 Å². The summed E-state index contributed by atoms with van der Waals surface area (Å²) in [6.07, 6.45) is 1.92. The summed E-state index contributed by atoms with van der Waals surface area (Å²) in [6.45, 7) is 5.70. The van der Waals surface area contributed by atoms with Gasteiger partial charge in [0.25, 0.3) is 0 Å². The summed E-state index contributed by atoms with van der Waals surface area (Å²) in [7, 11) is 1.99. The van der Waals surface area contributed by atoms with Crippen molar-refractivity contribution in [1.82, 2.24) is 19.3 Å². The number of piperazine rings is 1. The van der Waals surface area contributed by atoms with Gasteiger partial charge in [-0.25, -0.2) is 4.79 Å². The number of fused-ring (bicyclic) bond motifs is 1. The number of nitrogens with zero attached hydrogens (tertiary/aromatic N) is 4. The second-order valence-electron chi connectivity index (χ2n) is 8.15. The van der Waals surface area contributed by atoms with Gasteiger partial charge in [0.15, 0.2) is 0 Å². The van der Waals surface area contributed by atoms with Crippen LogP contribution in [0.4, 0.5) is 4.79 Å². The van der Waals surface area contributed by atoms with Gasteiger partial charge < -0.3 is 19.1 Å². The molecule has 0 radical (unpaired) electrons. The van der Waals surface area contributed by atoms with Crippen LogP contribution in [-0.2, 0) is 27.8 Å². The lowest BCUT2D eigenvalue weighted by molar-refractivity contribution is -0.146. The number of amides is 3. The van der Waals surface area contributed by atoms with Crippen LogP contribution in [0.1, 0.15) is 19.4 Å². The molecule has 0 spiro atoms. The van der Waals surface area contributed by atoms with Crippen molar-refractivity contribution in [2.75, 3.05) is 32.8 Å². The molecular formula is C22H28N4O4. The fourth-order valence-corrected chi connectivity index (χ4v) is 4.50. The summed E-state index contributed by atoms with van der Waals surface area (Å²) in [5.41, 5.74) is 2.13. The number of benzene rings is 1. The summed E-state index contributed by atoms with van der Waals surface area (Å²) in [5.74, 6) is -0.0322. The van der Waals surface area contributed by atoms with E-state index in [4.69, 9.17) is 4.74 Å². The molecule has 2 saturated heterocycles. The van der Waals surface area contributed by atoms with Crippen molar-refractivity contribution in [2.24, 2.45) is 7.05 Å². The highest BCUT2D eigenvalue weighted by molar-refractivity contribution is 5.90. The number of para-hydroxylation sites is 1. The molecule has 4 rings (SSSR count). The number of cyclic esters (lactones) is 1. The van der Waals surface area contributed by atoms with Crippen molar-refractivity contribution in [2.45, 2.75) is 32.4 Å². The van der Waals surface area contributed by atoms with Crippen molar-refractivity contribution in [3.63, 3.8) is 0 Å². The minimum absolute atomic E-state index is 0.0276. The molecular weight excluding hydrogens is 384 g/mol. The third-order valence-corrected chi connectivity index (χ3v) is 6.40. The van der Waals surface area contributed by atoms with Crippen molar-refractivity contribution in [1.29, 1.82) is 0 Å². The molecule has 30 heavy (non-hydrogen) atoms. The zero-order valence-corrected chi connectivity index (χ0v) is 17.7. The monoisotopic (exact) mass is 412 g/mol. The van der Waals surface area contributed by atoms with Gasteiger partial charge in [-0.3, -0.25) is 14.5 Å². The molecule has 2 aromatic rings. The first-order valence-electron chi connectivity index (χ1n) is 10.4. The number of rotatable bonds is 4. The van der Waals surface area contributed by atoms with E-state index in [1.807, 2.05) is 54.8 Å².